The van der Waals surface area contributed by atoms with Crippen LogP contribution in [0.1, 0.15) is 49.2 Å². The third-order valence-electron chi connectivity index (χ3n) is 2.90. The number of hydrogen-bond acceptors (Lipinski definition) is 4. The highest BCUT2D eigenvalue weighted by atomic mass is 32.1. The van der Waals surface area contributed by atoms with Gasteiger partial charge in [0.2, 0.25) is 0 Å². The number of unbranched alkanes of at least 4 members (excludes halogenated alkanes) is 3. The van der Waals surface area contributed by atoms with Crippen LogP contribution in [0.3, 0.4) is 0 Å². The van der Waals surface area contributed by atoms with Crippen LogP contribution in [0, 0.1) is 0 Å². The summed E-state index contributed by atoms with van der Waals surface area (Å²) in [5.41, 5.74) is 0.948. The minimum absolute atomic E-state index is 0.571. The summed E-state index contributed by atoms with van der Waals surface area (Å²) in [7, 11) is 0. The van der Waals surface area contributed by atoms with Gasteiger partial charge in [-0.2, -0.15) is 0 Å². The van der Waals surface area contributed by atoms with Crippen molar-refractivity contribution in [1.29, 1.82) is 0 Å². The molecular weight excluding hydrogens is 252 g/mol. The van der Waals surface area contributed by atoms with Gasteiger partial charge in [0.05, 0.1) is 0 Å². The monoisotopic (exact) mass is 272 g/mol. The van der Waals surface area contributed by atoms with E-state index in [9.17, 15) is 15.0 Å². The molecule has 102 valence electrons. The number of aliphatic hydroxyl groups is 2. The van der Waals surface area contributed by atoms with Gasteiger partial charge in [0.25, 0.3) is 0 Å². The van der Waals surface area contributed by atoms with Crippen molar-refractivity contribution in [2.75, 3.05) is 0 Å². The smallest absolute Gasteiger partial charge is 0.335 e. The van der Waals surface area contributed by atoms with Crippen molar-refractivity contribution in [3.8, 4) is 0 Å². The third kappa shape index (κ3) is 4.08. The van der Waals surface area contributed by atoms with Crippen molar-refractivity contribution in [2.24, 2.45) is 0 Å². The van der Waals surface area contributed by atoms with Crippen LogP contribution in [-0.4, -0.2) is 27.4 Å². The molecule has 1 rings (SSSR count). The van der Waals surface area contributed by atoms with E-state index in [-0.39, 0.29) is 0 Å². The third-order valence-corrected chi connectivity index (χ3v) is 3.93. The average Bonchev–Trinajstić information content (AvgIpc) is 2.81. The molecule has 0 saturated carbocycles. The molecule has 0 radical (unpaired) electrons. The van der Waals surface area contributed by atoms with E-state index in [1.165, 1.54) is 17.8 Å². The first-order chi connectivity index (χ1) is 8.57. The minimum atomic E-state index is -1.75. The summed E-state index contributed by atoms with van der Waals surface area (Å²) in [5, 5.41) is 29.7. The molecule has 0 fully saturated rings. The number of aryl methyl sites for hydroxylation is 1. The van der Waals surface area contributed by atoms with Crippen LogP contribution in [-0.2, 0) is 11.2 Å². The van der Waals surface area contributed by atoms with E-state index in [1.54, 1.807) is 0 Å². The van der Waals surface area contributed by atoms with E-state index in [1.807, 2.05) is 11.4 Å². The molecule has 2 atom stereocenters. The van der Waals surface area contributed by atoms with Gasteiger partial charge in [-0.3, -0.25) is 0 Å². The van der Waals surface area contributed by atoms with Crippen LogP contribution < -0.4 is 0 Å². The Bertz CT molecular complexity index is 375. The second-order valence-electron chi connectivity index (χ2n) is 4.35. The van der Waals surface area contributed by atoms with Crippen LogP contribution in [0.2, 0.25) is 0 Å². The summed E-state index contributed by atoms with van der Waals surface area (Å²) < 4.78 is 0. The maximum atomic E-state index is 10.6. The second-order valence-corrected chi connectivity index (χ2v) is 5.30. The van der Waals surface area contributed by atoms with Gasteiger partial charge in [-0.15, -0.1) is 11.3 Å². The van der Waals surface area contributed by atoms with E-state index in [2.05, 4.69) is 6.92 Å². The lowest BCUT2D eigenvalue weighted by Crippen LogP contribution is -2.27. The van der Waals surface area contributed by atoms with Crippen LogP contribution in [0.5, 0.6) is 0 Å². The van der Waals surface area contributed by atoms with Gasteiger partial charge in [-0.25, -0.2) is 4.79 Å². The molecule has 5 heteroatoms. The Balaban J connectivity index is 2.61. The molecule has 18 heavy (non-hydrogen) atoms. The highest BCUT2D eigenvalue weighted by Crippen LogP contribution is 2.28. The van der Waals surface area contributed by atoms with E-state index in [0.717, 1.165) is 31.2 Å². The Labute approximate surface area is 111 Å². The molecule has 0 aliphatic carbocycles. The number of carboxylic acid groups (broad SMARTS) is 1. The summed E-state index contributed by atoms with van der Waals surface area (Å²) >= 11 is 1.29. The maximum absolute atomic E-state index is 10.6. The van der Waals surface area contributed by atoms with E-state index >= 15 is 0 Å². The fourth-order valence-corrected chi connectivity index (χ4v) is 2.80. The molecule has 1 aromatic rings. The highest BCUT2D eigenvalue weighted by molar-refractivity contribution is 7.10. The first-order valence-corrected chi connectivity index (χ1v) is 7.11. The normalized spacial score (nSPS) is 14.4. The Hall–Kier alpha value is -0.910. The van der Waals surface area contributed by atoms with Crippen molar-refractivity contribution in [2.45, 2.75) is 51.2 Å². The lowest BCUT2D eigenvalue weighted by molar-refractivity contribution is -0.152. The number of thiophene rings is 1. The van der Waals surface area contributed by atoms with Gasteiger partial charge in [-0.05, 0) is 29.9 Å². The van der Waals surface area contributed by atoms with Gasteiger partial charge < -0.3 is 15.3 Å². The number of hydrogen-bond donors (Lipinski definition) is 3. The average molecular weight is 272 g/mol. The molecule has 0 saturated heterocycles. The van der Waals surface area contributed by atoms with E-state index in [0.29, 0.717) is 4.88 Å². The Morgan fingerprint density at radius 1 is 1.33 bits per heavy atom. The van der Waals surface area contributed by atoms with Crippen LogP contribution in [0.25, 0.3) is 0 Å². The fourth-order valence-electron chi connectivity index (χ4n) is 1.83. The van der Waals surface area contributed by atoms with Crippen molar-refractivity contribution in [1.82, 2.24) is 0 Å². The molecule has 0 aliphatic heterocycles. The molecule has 2 unspecified atom stereocenters. The SMILES string of the molecule is CCCCCCc1ccsc1C(O)C(O)C(=O)O. The number of aliphatic carboxylic acids is 1. The zero-order chi connectivity index (χ0) is 13.5. The van der Waals surface area contributed by atoms with Gasteiger partial charge in [0.1, 0.15) is 6.10 Å². The predicted octanol–water partition coefficient (Wildman–Crippen LogP) is 2.35. The first-order valence-electron chi connectivity index (χ1n) is 6.23. The van der Waals surface area contributed by atoms with Gasteiger partial charge in [0, 0.05) is 4.88 Å². The van der Waals surface area contributed by atoms with Gasteiger partial charge >= 0.3 is 5.97 Å². The van der Waals surface area contributed by atoms with Crippen molar-refractivity contribution < 1.29 is 20.1 Å². The molecule has 0 amide bonds. The zero-order valence-corrected chi connectivity index (χ0v) is 11.3. The quantitative estimate of drug-likeness (QED) is 0.635. The van der Waals surface area contributed by atoms with E-state index < -0.39 is 18.2 Å². The largest absolute Gasteiger partial charge is 0.479 e. The summed E-state index contributed by atoms with van der Waals surface area (Å²) in [6, 6.07) is 1.89. The molecule has 0 spiro atoms. The number of rotatable bonds is 8. The Morgan fingerprint density at radius 3 is 2.67 bits per heavy atom. The van der Waals surface area contributed by atoms with Gasteiger partial charge in [-0.1, -0.05) is 26.2 Å². The van der Waals surface area contributed by atoms with Gasteiger partial charge in [0.15, 0.2) is 6.10 Å². The van der Waals surface area contributed by atoms with Crippen LogP contribution in [0.15, 0.2) is 11.4 Å². The van der Waals surface area contributed by atoms with Crippen LogP contribution in [0.4, 0.5) is 0 Å². The minimum Gasteiger partial charge on any atom is -0.479 e. The molecule has 1 heterocycles. The number of carbonyl (C=O) groups is 1. The molecule has 3 N–H and O–H groups in total. The number of carboxylic acids is 1. The summed E-state index contributed by atoms with van der Waals surface area (Å²) in [4.78, 5) is 11.2. The number of aliphatic hydroxyl groups excluding tert-OH is 2. The first kappa shape index (κ1) is 15.1. The molecule has 0 aliphatic rings. The summed E-state index contributed by atoms with van der Waals surface area (Å²) in [6.07, 6.45) is 2.23. The predicted molar refractivity (Wildman–Crippen MR) is 70.8 cm³/mol. The molecule has 0 aromatic carbocycles. The highest BCUT2D eigenvalue weighted by Gasteiger charge is 2.27. The van der Waals surface area contributed by atoms with Crippen molar-refractivity contribution in [3.05, 3.63) is 21.9 Å². The Morgan fingerprint density at radius 2 is 2.06 bits per heavy atom. The topological polar surface area (TPSA) is 77.8 Å². The van der Waals surface area contributed by atoms with E-state index in [4.69, 9.17) is 5.11 Å². The molecule has 4 nitrogen and oxygen atoms in total. The van der Waals surface area contributed by atoms with Crippen LogP contribution >= 0.6 is 11.3 Å². The van der Waals surface area contributed by atoms with Crippen molar-refractivity contribution >= 4 is 17.3 Å². The standard InChI is InChI=1S/C13H20O4S/c1-2-3-4-5-6-9-7-8-18-12(9)10(14)11(15)13(16)17/h7-8,10-11,14-15H,2-6H2,1H3,(H,16,17). The molecule has 0 bridgehead atoms. The zero-order valence-electron chi connectivity index (χ0n) is 10.5. The summed E-state index contributed by atoms with van der Waals surface area (Å²) in [6.45, 7) is 2.14. The van der Waals surface area contributed by atoms with Crippen molar-refractivity contribution in [3.63, 3.8) is 0 Å². The Kier molecular flexibility index (Phi) is 6.32. The molecule has 1 aromatic heterocycles. The maximum Gasteiger partial charge on any atom is 0.335 e. The lowest BCUT2D eigenvalue weighted by Gasteiger charge is -2.14. The second kappa shape index (κ2) is 7.51. The fraction of sp³-hybridized carbons (Fsp3) is 0.615. The molecular formula is C13H20O4S. The lowest BCUT2D eigenvalue weighted by atomic mass is 10.0. The summed E-state index contributed by atoms with van der Waals surface area (Å²) in [5.74, 6) is -1.40.